The molecule has 0 aliphatic carbocycles. The molecule has 0 saturated carbocycles. The van der Waals surface area contributed by atoms with E-state index >= 15 is 0 Å². The Morgan fingerprint density at radius 2 is 1.78 bits per heavy atom. The highest BCUT2D eigenvalue weighted by atomic mass is 14.8. The summed E-state index contributed by atoms with van der Waals surface area (Å²) < 4.78 is 0. The number of aromatic nitrogens is 2. The van der Waals surface area contributed by atoms with Gasteiger partial charge < -0.3 is 5.73 Å². The summed E-state index contributed by atoms with van der Waals surface area (Å²) in [6, 6.07) is 1.78. The van der Waals surface area contributed by atoms with Crippen molar-refractivity contribution in [2.24, 2.45) is 5.73 Å². The fourth-order valence-corrected chi connectivity index (χ4v) is 0.253. The molecule has 0 fully saturated rings. The Bertz CT molecular complexity index is 139. The molecular formula is C5H6N4. The summed E-state index contributed by atoms with van der Waals surface area (Å²) in [5, 5.41) is 7.10. The van der Waals surface area contributed by atoms with Gasteiger partial charge in [0.1, 0.15) is 6.33 Å². The standard InChI is InChI=1S/C4H4N2.CH2N2/c1-2-5-4-6-3-1;2-1-3/h1-4H;2H2. The van der Waals surface area contributed by atoms with Gasteiger partial charge in [0.15, 0.2) is 6.19 Å². The Labute approximate surface area is 53.0 Å². The first-order chi connectivity index (χ1) is 4.41. The van der Waals surface area contributed by atoms with E-state index in [2.05, 4.69) is 15.7 Å². The van der Waals surface area contributed by atoms with Gasteiger partial charge in [0.2, 0.25) is 0 Å². The SMILES string of the molecule is N#CN.c1cncnc1. The predicted molar refractivity (Wildman–Crippen MR) is 31.8 cm³/mol. The lowest BCUT2D eigenvalue weighted by molar-refractivity contribution is 1.17. The minimum atomic E-state index is 1.25. The van der Waals surface area contributed by atoms with Crippen LogP contribution in [0.5, 0.6) is 0 Å². The van der Waals surface area contributed by atoms with Gasteiger partial charge in [-0.15, -0.1) is 0 Å². The maximum Gasteiger partial charge on any atom is 0.173 e. The van der Waals surface area contributed by atoms with Crippen LogP contribution in [0.3, 0.4) is 0 Å². The monoisotopic (exact) mass is 122 g/mol. The van der Waals surface area contributed by atoms with Crippen LogP contribution in [0.2, 0.25) is 0 Å². The van der Waals surface area contributed by atoms with Crippen LogP contribution in [0.1, 0.15) is 0 Å². The molecule has 1 aromatic rings. The van der Waals surface area contributed by atoms with Crippen LogP contribution in [0.15, 0.2) is 24.8 Å². The van der Waals surface area contributed by atoms with Crippen molar-refractivity contribution in [2.45, 2.75) is 0 Å². The third-order valence-corrected chi connectivity index (χ3v) is 0.478. The van der Waals surface area contributed by atoms with E-state index in [1.54, 1.807) is 18.5 Å². The van der Waals surface area contributed by atoms with Gasteiger partial charge in [0, 0.05) is 12.4 Å². The number of rotatable bonds is 0. The van der Waals surface area contributed by atoms with Crippen LogP contribution in [0.4, 0.5) is 0 Å². The number of nitrogens with zero attached hydrogens (tertiary/aromatic N) is 3. The van der Waals surface area contributed by atoms with Crippen LogP contribution in [-0.2, 0) is 0 Å². The molecule has 0 aliphatic rings. The Balaban J connectivity index is 0.000000187. The van der Waals surface area contributed by atoms with E-state index in [0.717, 1.165) is 0 Å². The van der Waals surface area contributed by atoms with E-state index in [9.17, 15) is 0 Å². The quantitative estimate of drug-likeness (QED) is 0.385. The summed E-state index contributed by atoms with van der Waals surface area (Å²) in [6.07, 6.45) is 6.12. The largest absolute Gasteiger partial charge is 0.337 e. The molecule has 0 atom stereocenters. The van der Waals surface area contributed by atoms with Gasteiger partial charge in [0.05, 0.1) is 0 Å². The van der Waals surface area contributed by atoms with Crippen LogP contribution >= 0.6 is 0 Å². The zero-order chi connectivity index (χ0) is 6.95. The molecule has 1 aromatic heterocycles. The topological polar surface area (TPSA) is 75.6 Å². The fourth-order valence-electron chi connectivity index (χ4n) is 0.253. The van der Waals surface area contributed by atoms with Gasteiger partial charge in [0.25, 0.3) is 0 Å². The molecule has 9 heavy (non-hydrogen) atoms. The van der Waals surface area contributed by atoms with Gasteiger partial charge in [-0.1, -0.05) is 0 Å². The molecule has 0 aromatic carbocycles. The van der Waals surface area contributed by atoms with E-state index in [4.69, 9.17) is 5.26 Å². The van der Waals surface area contributed by atoms with Gasteiger partial charge in [-0.3, -0.25) is 0 Å². The van der Waals surface area contributed by atoms with Crippen molar-refractivity contribution in [3.05, 3.63) is 24.8 Å². The molecule has 46 valence electrons. The Morgan fingerprint density at radius 1 is 1.33 bits per heavy atom. The van der Waals surface area contributed by atoms with Crippen LogP contribution in [-0.4, -0.2) is 9.97 Å². The smallest absolute Gasteiger partial charge is 0.173 e. The molecule has 0 spiro atoms. The molecule has 2 N–H and O–H groups in total. The zero-order valence-electron chi connectivity index (χ0n) is 4.73. The van der Waals surface area contributed by atoms with Crippen LogP contribution in [0.25, 0.3) is 0 Å². The molecule has 0 bridgehead atoms. The van der Waals surface area contributed by atoms with Crippen molar-refractivity contribution < 1.29 is 0 Å². The average molecular weight is 122 g/mol. The fraction of sp³-hybridized carbons (Fsp3) is 0. The first-order valence-electron chi connectivity index (χ1n) is 2.21. The lowest BCUT2D eigenvalue weighted by Crippen LogP contribution is -1.69. The highest BCUT2D eigenvalue weighted by Gasteiger charge is 1.59. The number of hydrogen-bond acceptors (Lipinski definition) is 4. The first-order valence-corrected chi connectivity index (χ1v) is 2.21. The lowest BCUT2D eigenvalue weighted by Gasteiger charge is -1.70. The second kappa shape index (κ2) is 6.37. The number of hydrogen-bond donors (Lipinski definition) is 1. The summed E-state index contributed by atoms with van der Waals surface area (Å²) in [4.78, 5) is 7.35. The summed E-state index contributed by atoms with van der Waals surface area (Å²) in [5.74, 6) is 0. The highest BCUT2D eigenvalue weighted by molar-refractivity contribution is 4.74. The Morgan fingerprint density at radius 3 is 1.89 bits per heavy atom. The minimum absolute atomic E-state index is 1.25. The highest BCUT2D eigenvalue weighted by Crippen LogP contribution is 1.66. The zero-order valence-corrected chi connectivity index (χ0v) is 4.73. The van der Waals surface area contributed by atoms with Crippen molar-refractivity contribution in [3.8, 4) is 6.19 Å². The molecule has 4 nitrogen and oxygen atoms in total. The Kier molecular flexibility index (Phi) is 5.22. The molecule has 0 unspecified atom stereocenters. The molecule has 0 aliphatic heterocycles. The number of nitriles is 1. The average Bonchev–Trinajstić information content (AvgIpc) is 1.93. The first kappa shape index (κ1) is 7.37. The van der Waals surface area contributed by atoms with Crippen molar-refractivity contribution in [1.82, 2.24) is 9.97 Å². The molecular weight excluding hydrogens is 116 g/mol. The minimum Gasteiger partial charge on any atom is -0.337 e. The molecule has 0 amide bonds. The molecule has 1 rings (SSSR count). The van der Waals surface area contributed by atoms with Crippen molar-refractivity contribution in [1.29, 1.82) is 5.26 Å². The third-order valence-electron chi connectivity index (χ3n) is 0.478. The van der Waals surface area contributed by atoms with E-state index in [1.807, 2.05) is 0 Å². The molecule has 0 saturated heterocycles. The van der Waals surface area contributed by atoms with Gasteiger partial charge in [-0.2, -0.15) is 5.26 Å². The summed E-state index contributed by atoms with van der Waals surface area (Å²) in [7, 11) is 0. The van der Waals surface area contributed by atoms with E-state index in [-0.39, 0.29) is 0 Å². The maximum atomic E-state index is 7.10. The van der Waals surface area contributed by atoms with Crippen LogP contribution < -0.4 is 5.73 Å². The van der Waals surface area contributed by atoms with E-state index in [0.29, 0.717) is 0 Å². The van der Waals surface area contributed by atoms with Gasteiger partial charge in [-0.25, -0.2) is 9.97 Å². The normalized spacial score (nSPS) is 6.11. The van der Waals surface area contributed by atoms with Crippen LogP contribution in [0, 0.1) is 11.5 Å². The molecule has 1 heterocycles. The summed E-state index contributed by atoms with van der Waals surface area (Å²) in [6.45, 7) is 0. The molecule has 4 heteroatoms. The van der Waals surface area contributed by atoms with Gasteiger partial charge >= 0.3 is 0 Å². The second-order valence-corrected chi connectivity index (χ2v) is 1.03. The van der Waals surface area contributed by atoms with Crippen molar-refractivity contribution in [2.75, 3.05) is 0 Å². The molecule has 0 radical (unpaired) electrons. The number of nitrogens with two attached hydrogens (primary N) is 1. The van der Waals surface area contributed by atoms with Crippen molar-refractivity contribution in [3.63, 3.8) is 0 Å². The van der Waals surface area contributed by atoms with E-state index < -0.39 is 0 Å². The van der Waals surface area contributed by atoms with E-state index in [1.165, 1.54) is 12.5 Å². The summed E-state index contributed by atoms with van der Waals surface area (Å²) >= 11 is 0. The summed E-state index contributed by atoms with van der Waals surface area (Å²) in [5.41, 5.74) is 4.15. The second-order valence-electron chi connectivity index (χ2n) is 1.03. The maximum absolute atomic E-state index is 7.10. The Hall–Kier alpha value is -1.63. The van der Waals surface area contributed by atoms with Crippen molar-refractivity contribution >= 4 is 0 Å². The predicted octanol–water partition coefficient (Wildman–Crippen LogP) is -0.0972. The van der Waals surface area contributed by atoms with Gasteiger partial charge in [-0.05, 0) is 6.07 Å². The lowest BCUT2D eigenvalue weighted by atomic mass is 10.7. The third kappa shape index (κ3) is 6.37.